The highest BCUT2D eigenvalue weighted by Gasteiger charge is 2.49. The lowest BCUT2D eigenvalue weighted by Crippen LogP contribution is -2.27. The van der Waals surface area contributed by atoms with E-state index < -0.39 is 37.7 Å². The van der Waals surface area contributed by atoms with Crippen molar-refractivity contribution in [1.29, 1.82) is 0 Å². The van der Waals surface area contributed by atoms with Crippen LogP contribution in [0.1, 0.15) is 20.9 Å². The standard InChI is InChI=1S/C18H12F3N3O5S/c19-18(20,21)30(27,28)17-13(3-1-9-22-17)15(25)23-11-5-7-12(8-6-11)24-16(26)14-4-2-10-29-14/h1-10H,(H,23,25)(H,24,26). The number of alkyl halides is 3. The van der Waals surface area contributed by atoms with Gasteiger partial charge < -0.3 is 15.1 Å². The van der Waals surface area contributed by atoms with Crippen LogP contribution in [0, 0.1) is 0 Å². The van der Waals surface area contributed by atoms with Crippen LogP contribution in [0.3, 0.4) is 0 Å². The Hall–Kier alpha value is -3.67. The van der Waals surface area contributed by atoms with Gasteiger partial charge in [0.15, 0.2) is 10.8 Å². The van der Waals surface area contributed by atoms with Crippen molar-refractivity contribution in [2.45, 2.75) is 10.5 Å². The molecule has 0 spiro atoms. The Morgan fingerprint density at radius 3 is 2.03 bits per heavy atom. The average molecular weight is 439 g/mol. The highest BCUT2D eigenvalue weighted by atomic mass is 32.2. The first-order valence-corrected chi connectivity index (χ1v) is 9.60. The molecule has 8 nitrogen and oxygen atoms in total. The van der Waals surface area contributed by atoms with E-state index in [0.717, 1.165) is 18.3 Å². The Kier molecular flexibility index (Phi) is 5.60. The maximum absolute atomic E-state index is 12.8. The molecule has 0 unspecified atom stereocenters. The fourth-order valence-electron chi connectivity index (χ4n) is 2.32. The number of rotatable bonds is 5. The van der Waals surface area contributed by atoms with Gasteiger partial charge in [-0.2, -0.15) is 13.2 Å². The van der Waals surface area contributed by atoms with E-state index >= 15 is 0 Å². The van der Waals surface area contributed by atoms with Gasteiger partial charge in [0.05, 0.1) is 11.8 Å². The summed E-state index contributed by atoms with van der Waals surface area (Å²) in [5.74, 6) is -1.52. The molecule has 30 heavy (non-hydrogen) atoms. The molecule has 1 aromatic carbocycles. The zero-order valence-corrected chi connectivity index (χ0v) is 15.6. The number of hydrogen-bond donors (Lipinski definition) is 2. The van der Waals surface area contributed by atoms with Crippen LogP contribution < -0.4 is 10.6 Å². The van der Waals surface area contributed by atoms with Gasteiger partial charge in [-0.1, -0.05) is 0 Å². The third kappa shape index (κ3) is 4.33. The minimum absolute atomic E-state index is 0.0855. The van der Waals surface area contributed by atoms with Crippen molar-refractivity contribution in [3.63, 3.8) is 0 Å². The summed E-state index contributed by atoms with van der Waals surface area (Å²) >= 11 is 0. The van der Waals surface area contributed by atoms with Crippen molar-refractivity contribution in [3.05, 3.63) is 72.3 Å². The second kappa shape index (κ2) is 7.99. The SMILES string of the molecule is O=C(Nc1ccc(NC(=O)c2cccnc2S(=O)(=O)C(F)(F)F)cc1)c1ccco1. The van der Waals surface area contributed by atoms with Gasteiger partial charge >= 0.3 is 5.51 Å². The van der Waals surface area contributed by atoms with E-state index in [2.05, 4.69) is 15.6 Å². The molecule has 0 radical (unpaired) electrons. The quantitative estimate of drug-likeness (QED) is 0.629. The van der Waals surface area contributed by atoms with E-state index in [4.69, 9.17) is 4.42 Å². The molecule has 3 rings (SSSR count). The lowest BCUT2D eigenvalue weighted by atomic mass is 10.2. The van der Waals surface area contributed by atoms with Crippen LogP contribution in [0.5, 0.6) is 0 Å². The summed E-state index contributed by atoms with van der Waals surface area (Å²) in [6.07, 6.45) is 2.17. The molecule has 2 aromatic heterocycles. The molecule has 2 N–H and O–H groups in total. The average Bonchev–Trinajstić information content (AvgIpc) is 3.23. The summed E-state index contributed by atoms with van der Waals surface area (Å²) in [6, 6.07) is 10.6. The van der Waals surface area contributed by atoms with Gasteiger partial charge in [0.2, 0.25) is 0 Å². The van der Waals surface area contributed by atoms with Gasteiger partial charge in [-0.05, 0) is 48.5 Å². The molecule has 156 valence electrons. The summed E-state index contributed by atoms with van der Waals surface area (Å²) in [5.41, 5.74) is -5.86. The van der Waals surface area contributed by atoms with Crippen LogP contribution >= 0.6 is 0 Å². The zero-order valence-electron chi connectivity index (χ0n) is 14.8. The molecule has 12 heteroatoms. The Bertz CT molecular complexity index is 1170. The summed E-state index contributed by atoms with van der Waals surface area (Å²) in [5, 5.41) is 3.44. The first-order chi connectivity index (χ1) is 14.1. The number of anilines is 2. The molecule has 0 bridgehead atoms. The number of nitrogens with one attached hydrogen (secondary N) is 2. The number of sulfone groups is 1. The van der Waals surface area contributed by atoms with Crippen LogP contribution in [-0.2, 0) is 9.84 Å². The summed E-state index contributed by atoms with van der Waals surface area (Å²) in [6.45, 7) is 0. The van der Waals surface area contributed by atoms with Crippen LogP contribution in [0.15, 0.2) is 70.4 Å². The fourth-order valence-corrected chi connectivity index (χ4v) is 3.19. The van der Waals surface area contributed by atoms with E-state index in [-0.39, 0.29) is 11.4 Å². The van der Waals surface area contributed by atoms with Gasteiger partial charge in [0.25, 0.3) is 21.7 Å². The van der Waals surface area contributed by atoms with Gasteiger partial charge in [-0.3, -0.25) is 9.59 Å². The number of aromatic nitrogens is 1. The van der Waals surface area contributed by atoms with Crippen LogP contribution in [0.4, 0.5) is 24.5 Å². The molecule has 2 heterocycles. The number of pyridine rings is 1. The van der Waals surface area contributed by atoms with Crippen LogP contribution in [-0.4, -0.2) is 30.7 Å². The predicted octanol–water partition coefficient (Wildman–Crippen LogP) is 3.47. The Morgan fingerprint density at radius 2 is 1.50 bits per heavy atom. The Balaban J connectivity index is 1.77. The van der Waals surface area contributed by atoms with Crippen molar-refractivity contribution in [2.75, 3.05) is 10.6 Å². The number of hydrogen-bond acceptors (Lipinski definition) is 6. The third-order valence-electron chi connectivity index (χ3n) is 3.72. The molecule has 0 fully saturated rings. The van der Waals surface area contributed by atoms with Crippen molar-refractivity contribution in [2.24, 2.45) is 0 Å². The Labute approximate surface area is 167 Å². The molecule has 0 saturated heterocycles. The minimum atomic E-state index is -5.81. The Morgan fingerprint density at radius 1 is 0.900 bits per heavy atom. The number of carbonyl (C=O) groups is 2. The van der Waals surface area contributed by atoms with Gasteiger partial charge in [-0.15, -0.1) is 0 Å². The molecule has 0 aliphatic rings. The highest BCUT2D eigenvalue weighted by Crippen LogP contribution is 2.31. The van der Waals surface area contributed by atoms with Gasteiger partial charge in [-0.25, -0.2) is 13.4 Å². The summed E-state index contributed by atoms with van der Waals surface area (Å²) in [7, 11) is -5.81. The van der Waals surface area contributed by atoms with Crippen molar-refractivity contribution in [1.82, 2.24) is 4.98 Å². The number of halogens is 3. The van der Waals surface area contributed by atoms with Crippen LogP contribution in [0.25, 0.3) is 0 Å². The molecule has 0 aliphatic carbocycles. The maximum atomic E-state index is 12.8. The number of furan rings is 1. The first kappa shape index (κ1) is 21.0. The number of nitrogens with zero attached hydrogens (tertiary/aromatic N) is 1. The highest BCUT2D eigenvalue weighted by molar-refractivity contribution is 7.92. The third-order valence-corrected chi connectivity index (χ3v) is 5.16. The number of carbonyl (C=O) groups excluding carboxylic acids is 2. The van der Waals surface area contributed by atoms with E-state index in [1.807, 2.05) is 0 Å². The van der Waals surface area contributed by atoms with E-state index in [1.165, 1.54) is 36.6 Å². The topological polar surface area (TPSA) is 118 Å². The van der Waals surface area contributed by atoms with E-state index in [9.17, 15) is 31.2 Å². The molecule has 0 aliphatic heterocycles. The fraction of sp³-hybridized carbons (Fsp3) is 0.0556. The van der Waals surface area contributed by atoms with Crippen molar-refractivity contribution in [3.8, 4) is 0 Å². The summed E-state index contributed by atoms with van der Waals surface area (Å²) < 4.78 is 66.8. The molecule has 3 aromatic rings. The summed E-state index contributed by atoms with van der Waals surface area (Å²) in [4.78, 5) is 27.5. The maximum Gasteiger partial charge on any atom is 0.503 e. The second-order valence-corrected chi connectivity index (χ2v) is 7.62. The molecule has 0 saturated carbocycles. The lowest BCUT2D eigenvalue weighted by molar-refractivity contribution is -0.0438. The van der Waals surface area contributed by atoms with E-state index in [0.29, 0.717) is 5.69 Å². The van der Waals surface area contributed by atoms with Gasteiger partial charge in [0.1, 0.15) is 0 Å². The molecule has 0 atom stereocenters. The minimum Gasteiger partial charge on any atom is -0.459 e. The normalized spacial score (nSPS) is 11.7. The lowest BCUT2D eigenvalue weighted by Gasteiger charge is -2.12. The first-order valence-electron chi connectivity index (χ1n) is 8.12. The van der Waals surface area contributed by atoms with Gasteiger partial charge in [0, 0.05) is 17.6 Å². The number of amides is 2. The molecular formula is C18H12F3N3O5S. The predicted molar refractivity (Wildman–Crippen MR) is 98.5 cm³/mol. The molecular weight excluding hydrogens is 427 g/mol. The smallest absolute Gasteiger partial charge is 0.459 e. The molecule has 2 amide bonds. The zero-order chi connectivity index (χ0) is 21.9. The largest absolute Gasteiger partial charge is 0.503 e. The second-order valence-electron chi connectivity index (χ2n) is 5.77. The van der Waals surface area contributed by atoms with Crippen molar-refractivity contribution >= 4 is 33.0 Å². The van der Waals surface area contributed by atoms with E-state index in [1.54, 1.807) is 6.07 Å². The van der Waals surface area contributed by atoms with Crippen LogP contribution in [0.2, 0.25) is 0 Å². The monoisotopic (exact) mass is 439 g/mol. The van der Waals surface area contributed by atoms with Crippen molar-refractivity contribution < 1.29 is 35.6 Å². The number of benzene rings is 1.